The van der Waals surface area contributed by atoms with Crippen molar-refractivity contribution in [3.05, 3.63) is 24.3 Å². The minimum Gasteiger partial charge on any atom is -0.378 e. The van der Waals surface area contributed by atoms with Crippen molar-refractivity contribution in [1.82, 2.24) is 0 Å². The molecule has 0 aliphatic rings. The van der Waals surface area contributed by atoms with Gasteiger partial charge < -0.3 is 4.90 Å². The molecular formula is C11H17N6S+. The Labute approximate surface area is 111 Å². The highest BCUT2D eigenvalue weighted by Gasteiger charge is 2.04. The van der Waals surface area contributed by atoms with Gasteiger partial charge in [-0.25, -0.2) is 0 Å². The van der Waals surface area contributed by atoms with E-state index in [-0.39, 0.29) is 5.17 Å². The summed E-state index contributed by atoms with van der Waals surface area (Å²) in [6.07, 6.45) is 0. The van der Waals surface area contributed by atoms with Gasteiger partial charge in [0.25, 0.3) is 0 Å². The number of benzene rings is 1. The number of nitrogens with two attached hydrogens (primary N) is 2. The Morgan fingerprint density at radius 3 is 2.33 bits per heavy atom. The minimum absolute atomic E-state index is 0.192. The van der Waals surface area contributed by atoms with Crippen LogP contribution >= 0.6 is 11.8 Å². The van der Waals surface area contributed by atoms with Crippen LogP contribution in [0.5, 0.6) is 0 Å². The summed E-state index contributed by atoms with van der Waals surface area (Å²) in [7, 11) is 5.57. The zero-order chi connectivity index (χ0) is 13.5. The van der Waals surface area contributed by atoms with E-state index in [2.05, 4.69) is 15.2 Å². The molecule has 0 atom stereocenters. The van der Waals surface area contributed by atoms with Crippen LogP contribution in [0.3, 0.4) is 0 Å². The Morgan fingerprint density at radius 1 is 1.28 bits per heavy atom. The van der Waals surface area contributed by atoms with Gasteiger partial charge >= 0.3 is 5.17 Å². The average molecular weight is 265 g/mol. The van der Waals surface area contributed by atoms with E-state index in [0.29, 0.717) is 5.17 Å². The van der Waals surface area contributed by atoms with E-state index in [1.165, 1.54) is 0 Å². The molecule has 0 amide bonds. The van der Waals surface area contributed by atoms with Crippen LogP contribution in [0.4, 0.5) is 11.4 Å². The number of anilines is 1. The second-order valence-electron chi connectivity index (χ2n) is 3.62. The van der Waals surface area contributed by atoms with Crippen LogP contribution in [0, 0.1) is 0 Å². The first-order valence-corrected chi connectivity index (χ1v) is 6.06. The van der Waals surface area contributed by atoms with Gasteiger partial charge in [-0.2, -0.15) is 0 Å². The summed E-state index contributed by atoms with van der Waals surface area (Å²) in [5, 5.41) is 14.0. The molecule has 1 aromatic rings. The quantitative estimate of drug-likeness (QED) is 0.466. The van der Waals surface area contributed by atoms with Crippen LogP contribution in [0.1, 0.15) is 0 Å². The van der Waals surface area contributed by atoms with Crippen molar-refractivity contribution in [3.8, 4) is 0 Å². The monoisotopic (exact) mass is 265 g/mol. The number of aliphatic imine (C=N–C) groups is 1. The molecular weight excluding hydrogens is 248 g/mol. The Hall–Kier alpha value is -1.89. The molecule has 0 bridgehead atoms. The van der Waals surface area contributed by atoms with Crippen molar-refractivity contribution < 1.29 is 5.41 Å². The van der Waals surface area contributed by atoms with Gasteiger partial charge in [0.1, 0.15) is 0 Å². The van der Waals surface area contributed by atoms with Gasteiger partial charge in [0.05, 0.1) is 5.69 Å². The van der Waals surface area contributed by atoms with Gasteiger partial charge in [0.15, 0.2) is 0 Å². The van der Waals surface area contributed by atoms with Crippen LogP contribution in [0.15, 0.2) is 39.5 Å². The Balaban J connectivity index is 2.74. The molecule has 0 spiro atoms. The van der Waals surface area contributed by atoms with Crippen LogP contribution in [0.2, 0.25) is 0 Å². The molecule has 0 fully saturated rings. The maximum Gasteiger partial charge on any atom is 0.307 e. The highest BCUT2D eigenvalue weighted by molar-refractivity contribution is 8.26. The normalized spacial score (nSPS) is 11.8. The lowest BCUT2D eigenvalue weighted by Crippen LogP contribution is -2.43. The number of thioether (sulfide) groups is 1. The van der Waals surface area contributed by atoms with Crippen molar-refractivity contribution in [2.75, 3.05) is 26.0 Å². The maximum atomic E-state index is 5.36. The van der Waals surface area contributed by atoms with E-state index in [4.69, 9.17) is 11.1 Å². The van der Waals surface area contributed by atoms with E-state index in [1.54, 1.807) is 7.05 Å². The SMILES string of the molecule is CN=C(N=Nc1ccc(N(C)C)cc1)SC(N)=[NH2+]. The largest absolute Gasteiger partial charge is 0.378 e. The highest BCUT2D eigenvalue weighted by Crippen LogP contribution is 2.19. The molecule has 0 saturated heterocycles. The van der Waals surface area contributed by atoms with E-state index in [0.717, 1.165) is 23.1 Å². The minimum atomic E-state index is 0.192. The Bertz CT molecular complexity index is 463. The molecule has 18 heavy (non-hydrogen) atoms. The lowest BCUT2D eigenvalue weighted by molar-refractivity contribution is -0.109. The number of hydrogen-bond donors (Lipinski definition) is 2. The molecule has 0 aliphatic carbocycles. The Morgan fingerprint density at radius 2 is 1.89 bits per heavy atom. The zero-order valence-electron chi connectivity index (χ0n) is 10.7. The van der Waals surface area contributed by atoms with Crippen LogP contribution in [-0.4, -0.2) is 31.5 Å². The first-order chi connectivity index (χ1) is 8.52. The number of hydrogen-bond acceptors (Lipinski definition) is 4. The summed E-state index contributed by atoms with van der Waals surface area (Å²) < 4.78 is 0. The van der Waals surface area contributed by atoms with Gasteiger partial charge in [-0.15, -0.1) is 10.2 Å². The van der Waals surface area contributed by atoms with E-state index < -0.39 is 0 Å². The van der Waals surface area contributed by atoms with E-state index >= 15 is 0 Å². The number of azo groups is 1. The van der Waals surface area contributed by atoms with Crippen LogP contribution in [0.25, 0.3) is 0 Å². The Kier molecular flexibility index (Phi) is 5.31. The molecule has 0 heterocycles. The molecule has 0 aromatic heterocycles. The summed E-state index contributed by atoms with van der Waals surface area (Å²) >= 11 is 1.08. The fourth-order valence-electron chi connectivity index (χ4n) is 1.13. The second kappa shape index (κ2) is 6.75. The fourth-order valence-corrected chi connectivity index (χ4v) is 1.52. The van der Waals surface area contributed by atoms with Crippen LogP contribution in [-0.2, 0) is 0 Å². The van der Waals surface area contributed by atoms with Gasteiger partial charge in [-0.05, 0) is 24.3 Å². The number of amidine groups is 2. The lowest BCUT2D eigenvalue weighted by Gasteiger charge is -2.11. The molecule has 1 aromatic carbocycles. The predicted octanol–water partition coefficient (Wildman–Crippen LogP) is 0.629. The third-order valence-electron chi connectivity index (χ3n) is 2.02. The molecule has 6 nitrogen and oxygen atoms in total. The summed E-state index contributed by atoms with van der Waals surface area (Å²) in [4.78, 5) is 5.93. The third kappa shape index (κ3) is 4.54. The topological polar surface area (TPSA) is 91.9 Å². The van der Waals surface area contributed by atoms with Gasteiger partial charge in [0, 0.05) is 38.6 Å². The van der Waals surface area contributed by atoms with Gasteiger partial charge in [0.2, 0.25) is 5.17 Å². The molecule has 0 unspecified atom stereocenters. The summed E-state index contributed by atoms with van der Waals surface area (Å²) in [5.74, 6) is 0. The van der Waals surface area contributed by atoms with Crippen LogP contribution < -0.4 is 16.0 Å². The van der Waals surface area contributed by atoms with Crippen molar-refractivity contribution in [2.24, 2.45) is 21.0 Å². The van der Waals surface area contributed by atoms with Gasteiger partial charge in [-0.1, -0.05) is 0 Å². The first-order valence-electron chi connectivity index (χ1n) is 5.24. The summed E-state index contributed by atoms with van der Waals surface area (Å²) in [5.41, 5.74) is 7.21. The third-order valence-corrected chi connectivity index (χ3v) is 2.70. The second-order valence-corrected chi connectivity index (χ2v) is 4.66. The predicted molar refractivity (Wildman–Crippen MR) is 77.4 cm³/mol. The standard InChI is InChI=1S/C11H16N6S/c1-14-11(18-10(12)13)16-15-8-4-6-9(7-5-8)17(2)3/h4-7H,1-3H3,(H3,12,13)/p+1. The van der Waals surface area contributed by atoms with E-state index in [1.807, 2.05) is 43.3 Å². The molecule has 1 rings (SSSR count). The maximum absolute atomic E-state index is 5.36. The number of rotatable bonds is 2. The fraction of sp³-hybridized carbons (Fsp3) is 0.273. The molecule has 0 radical (unpaired) electrons. The van der Waals surface area contributed by atoms with Crippen molar-refractivity contribution >= 4 is 33.5 Å². The molecule has 0 aliphatic heterocycles. The van der Waals surface area contributed by atoms with E-state index in [9.17, 15) is 0 Å². The average Bonchev–Trinajstić information content (AvgIpc) is 2.34. The molecule has 4 N–H and O–H groups in total. The number of nitrogens with zero attached hydrogens (tertiary/aromatic N) is 4. The van der Waals surface area contributed by atoms with Crippen molar-refractivity contribution in [1.29, 1.82) is 0 Å². The molecule has 0 saturated carbocycles. The van der Waals surface area contributed by atoms with Crippen molar-refractivity contribution in [3.63, 3.8) is 0 Å². The van der Waals surface area contributed by atoms with Crippen molar-refractivity contribution in [2.45, 2.75) is 0 Å². The first kappa shape index (κ1) is 14.2. The highest BCUT2D eigenvalue weighted by atomic mass is 32.2. The zero-order valence-corrected chi connectivity index (χ0v) is 11.5. The lowest BCUT2D eigenvalue weighted by atomic mass is 10.3. The van der Waals surface area contributed by atoms with Gasteiger partial charge in [-0.3, -0.25) is 16.1 Å². The summed E-state index contributed by atoms with van der Waals surface area (Å²) in [6, 6.07) is 7.69. The summed E-state index contributed by atoms with van der Waals surface area (Å²) in [6.45, 7) is 0. The molecule has 96 valence electrons. The molecule has 7 heteroatoms. The smallest absolute Gasteiger partial charge is 0.307 e.